The van der Waals surface area contributed by atoms with Crippen molar-refractivity contribution in [2.45, 2.75) is 24.8 Å². The predicted octanol–water partition coefficient (Wildman–Crippen LogP) is 5.41. The lowest BCUT2D eigenvalue weighted by Crippen LogP contribution is -2.39. The Balaban J connectivity index is 1.70. The van der Waals surface area contributed by atoms with Gasteiger partial charge in [-0.1, -0.05) is 12.1 Å². The highest BCUT2D eigenvalue weighted by Gasteiger charge is 2.37. The van der Waals surface area contributed by atoms with Gasteiger partial charge >= 0.3 is 12.4 Å². The number of hydrogen-bond acceptors (Lipinski definition) is 3. The van der Waals surface area contributed by atoms with Crippen molar-refractivity contribution >= 4 is 0 Å². The van der Waals surface area contributed by atoms with Crippen molar-refractivity contribution < 1.29 is 40.3 Å². The highest BCUT2D eigenvalue weighted by Crippen LogP contribution is 2.36. The maximum Gasteiger partial charge on any atom is 0.416 e. The summed E-state index contributed by atoms with van der Waals surface area (Å²) in [6.45, 7) is 0.821. The molecule has 1 atom stereocenters. The Bertz CT molecular complexity index is 817. The second-order valence-electron chi connectivity index (χ2n) is 6.78. The molecule has 1 aliphatic rings. The summed E-state index contributed by atoms with van der Waals surface area (Å²) in [6.07, 6.45) is -9.94. The minimum atomic E-state index is -4.89. The molecule has 0 saturated carbocycles. The second-order valence-corrected chi connectivity index (χ2v) is 6.78. The summed E-state index contributed by atoms with van der Waals surface area (Å²) in [5, 5.41) is 1.55. The molecule has 2 aromatic rings. The SMILES string of the molecule is Fc1ccc([C@H]2COCCN2OCCc2cc(C(F)(F)F)cc(C(F)(F)F)c2)cc1. The van der Waals surface area contributed by atoms with Gasteiger partial charge in [-0.25, -0.2) is 4.39 Å². The predicted molar refractivity (Wildman–Crippen MR) is 92.8 cm³/mol. The molecule has 3 nitrogen and oxygen atoms in total. The smallest absolute Gasteiger partial charge is 0.378 e. The Kier molecular flexibility index (Phi) is 6.68. The molecule has 0 N–H and O–H groups in total. The Morgan fingerprint density at radius 2 is 1.53 bits per heavy atom. The maximum absolute atomic E-state index is 13.1. The summed E-state index contributed by atoms with van der Waals surface area (Å²) in [5.74, 6) is -0.409. The van der Waals surface area contributed by atoms with E-state index in [1.807, 2.05) is 0 Å². The number of halogens is 7. The van der Waals surface area contributed by atoms with Crippen LogP contribution in [0, 0.1) is 5.82 Å². The van der Waals surface area contributed by atoms with Crippen LogP contribution in [0.1, 0.15) is 28.3 Å². The maximum atomic E-state index is 13.1. The first-order chi connectivity index (χ1) is 14.0. The van der Waals surface area contributed by atoms with Crippen LogP contribution in [-0.2, 0) is 28.3 Å². The fraction of sp³-hybridized carbons (Fsp3) is 0.400. The van der Waals surface area contributed by atoms with Crippen molar-refractivity contribution in [3.05, 3.63) is 70.5 Å². The van der Waals surface area contributed by atoms with Crippen molar-refractivity contribution in [2.75, 3.05) is 26.4 Å². The van der Waals surface area contributed by atoms with E-state index in [9.17, 15) is 30.7 Å². The summed E-state index contributed by atoms with van der Waals surface area (Å²) >= 11 is 0. The van der Waals surface area contributed by atoms with Gasteiger partial charge in [0.15, 0.2) is 0 Å². The Hall–Kier alpha value is -2.17. The molecule has 1 saturated heterocycles. The van der Waals surface area contributed by atoms with Gasteiger partial charge in [0, 0.05) is 6.54 Å². The molecule has 0 radical (unpaired) electrons. The topological polar surface area (TPSA) is 21.7 Å². The summed E-state index contributed by atoms with van der Waals surface area (Å²) in [4.78, 5) is 5.63. The number of benzene rings is 2. The molecule has 0 amide bonds. The summed E-state index contributed by atoms with van der Waals surface area (Å²) in [6, 6.07) is 6.79. The highest BCUT2D eigenvalue weighted by molar-refractivity contribution is 5.33. The second kappa shape index (κ2) is 8.91. The lowest BCUT2D eigenvalue weighted by molar-refractivity contribution is -0.226. The third-order valence-electron chi connectivity index (χ3n) is 4.63. The van der Waals surface area contributed by atoms with E-state index in [4.69, 9.17) is 9.57 Å². The van der Waals surface area contributed by atoms with Gasteiger partial charge in [0.2, 0.25) is 0 Å². The minimum Gasteiger partial charge on any atom is -0.378 e. The zero-order valence-electron chi connectivity index (χ0n) is 15.6. The number of alkyl halides is 6. The third-order valence-corrected chi connectivity index (χ3v) is 4.63. The number of rotatable bonds is 5. The molecule has 10 heteroatoms. The molecular formula is C20H18F7NO2. The van der Waals surface area contributed by atoms with E-state index in [2.05, 4.69) is 0 Å². The number of hydrogen-bond donors (Lipinski definition) is 0. The third kappa shape index (κ3) is 5.71. The number of morpholine rings is 1. The average Bonchev–Trinajstić information content (AvgIpc) is 2.67. The Morgan fingerprint density at radius 3 is 2.10 bits per heavy atom. The van der Waals surface area contributed by atoms with Crippen LogP contribution in [0.15, 0.2) is 42.5 Å². The number of nitrogens with zero attached hydrogens (tertiary/aromatic N) is 1. The van der Waals surface area contributed by atoms with Crippen LogP contribution < -0.4 is 0 Å². The molecule has 0 aromatic heterocycles. The molecular weight excluding hydrogens is 419 g/mol. The van der Waals surface area contributed by atoms with E-state index in [0.717, 1.165) is 5.56 Å². The van der Waals surface area contributed by atoms with Crippen molar-refractivity contribution in [2.24, 2.45) is 0 Å². The quantitative estimate of drug-likeness (QED) is 0.584. The minimum absolute atomic E-state index is 0.0941. The molecule has 1 heterocycles. The van der Waals surface area contributed by atoms with Crippen molar-refractivity contribution in [3.8, 4) is 0 Å². The van der Waals surface area contributed by atoms with E-state index in [0.29, 0.717) is 25.3 Å². The van der Waals surface area contributed by atoms with Crippen molar-refractivity contribution in [1.82, 2.24) is 5.06 Å². The molecule has 0 unspecified atom stereocenters. The lowest BCUT2D eigenvalue weighted by Gasteiger charge is -2.34. The Morgan fingerprint density at radius 1 is 0.933 bits per heavy atom. The molecule has 0 aliphatic carbocycles. The zero-order valence-corrected chi connectivity index (χ0v) is 15.6. The van der Waals surface area contributed by atoms with Gasteiger partial charge in [0.1, 0.15) is 5.82 Å². The first-order valence-corrected chi connectivity index (χ1v) is 9.05. The lowest BCUT2D eigenvalue weighted by atomic mass is 10.0. The standard InChI is InChI=1S/C20H18F7NO2/c21-17-3-1-14(2-4-17)18-12-29-8-6-28(18)30-7-5-13-9-15(19(22,23)24)11-16(10-13)20(25,26)27/h1-4,9-11,18H,5-8,12H2/t18-/m1/s1. The molecule has 164 valence electrons. The van der Waals surface area contributed by atoms with Crippen LogP contribution in [0.2, 0.25) is 0 Å². The van der Waals surface area contributed by atoms with Crippen LogP contribution in [0.25, 0.3) is 0 Å². The van der Waals surface area contributed by atoms with Crippen LogP contribution in [0.3, 0.4) is 0 Å². The van der Waals surface area contributed by atoms with E-state index < -0.39 is 29.3 Å². The number of ether oxygens (including phenoxy) is 1. The largest absolute Gasteiger partial charge is 0.416 e. The van der Waals surface area contributed by atoms with Gasteiger partial charge in [-0.05, 0) is 47.9 Å². The van der Waals surface area contributed by atoms with Gasteiger partial charge in [0.25, 0.3) is 0 Å². The van der Waals surface area contributed by atoms with E-state index in [1.165, 1.54) is 12.1 Å². The molecule has 3 rings (SSSR count). The summed E-state index contributed by atoms with van der Waals surface area (Å²) in [5.41, 5.74) is -2.14. The molecule has 2 aromatic carbocycles. The van der Waals surface area contributed by atoms with Crippen molar-refractivity contribution in [3.63, 3.8) is 0 Å². The average molecular weight is 437 g/mol. The molecule has 30 heavy (non-hydrogen) atoms. The summed E-state index contributed by atoms with van der Waals surface area (Å²) < 4.78 is 96.4. The van der Waals surface area contributed by atoms with Gasteiger partial charge in [-0.3, -0.25) is 4.84 Å². The monoisotopic (exact) mass is 437 g/mol. The van der Waals surface area contributed by atoms with Crippen LogP contribution >= 0.6 is 0 Å². The molecule has 0 bridgehead atoms. The summed E-state index contributed by atoms with van der Waals surface area (Å²) in [7, 11) is 0. The molecule has 1 aliphatic heterocycles. The van der Waals surface area contributed by atoms with Gasteiger partial charge in [0.05, 0.1) is 37.0 Å². The van der Waals surface area contributed by atoms with Gasteiger partial charge < -0.3 is 4.74 Å². The van der Waals surface area contributed by atoms with Crippen LogP contribution in [-0.4, -0.2) is 31.4 Å². The number of hydroxylamine groups is 2. The van der Waals surface area contributed by atoms with Gasteiger partial charge in [-0.15, -0.1) is 0 Å². The Labute approximate surface area is 168 Å². The molecule has 1 fully saturated rings. The first-order valence-electron chi connectivity index (χ1n) is 9.05. The normalized spacial score (nSPS) is 18.6. The van der Waals surface area contributed by atoms with E-state index in [-0.39, 0.29) is 37.3 Å². The van der Waals surface area contributed by atoms with E-state index >= 15 is 0 Å². The van der Waals surface area contributed by atoms with E-state index in [1.54, 1.807) is 17.2 Å². The first kappa shape index (κ1) is 22.5. The van der Waals surface area contributed by atoms with Gasteiger partial charge in [-0.2, -0.15) is 31.4 Å². The fourth-order valence-electron chi connectivity index (χ4n) is 3.13. The molecule has 0 spiro atoms. The van der Waals surface area contributed by atoms with Crippen LogP contribution in [0.5, 0.6) is 0 Å². The van der Waals surface area contributed by atoms with Crippen molar-refractivity contribution in [1.29, 1.82) is 0 Å². The zero-order chi connectivity index (χ0) is 21.9. The van der Waals surface area contributed by atoms with Crippen LogP contribution in [0.4, 0.5) is 30.7 Å². The fourth-order valence-corrected chi connectivity index (χ4v) is 3.13. The highest BCUT2D eigenvalue weighted by atomic mass is 19.4.